The molecule has 40 heavy (non-hydrogen) atoms. The second-order valence-corrected chi connectivity index (χ2v) is 12.7. The van der Waals surface area contributed by atoms with Gasteiger partial charge in [-0.3, -0.25) is 4.79 Å². The Kier molecular flexibility index (Phi) is 8.83. The highest BCUT2D eigenvalue weighted by molar-refractivity contribution is 5.71. The van der Waals surface area contributed by atoms with E-state index >= 15 is 0 Å². The highest BCUT2D eigenvalue weighted by atomic mass is 19.3. The Bertz CT molecular complexity index is 1270. The number of aromatic nitrogens is 2. The van der Waals surface area contributed by atoms with Crippen LogP contribution in [0.25, 0.3) is 11.4 Å². The lowest BCUT2D eigenvalue weighted by Gasteiger charge is -2.27. The Hall–Kier alpha value is -3.07. The average Bonchev–Trinajstić information content (AvgIpc) is 3.40. The first-order chi connectivity index (χ1) is 18.8. The van der Waals surface area contributed by atoms with Crippen LogP contribution in [0, 0.1) is 5.41 Å². The number of alkyl halides is 2. The molecule has 0 spiro atoms. The van der Waals surface area contributed by atoms with Gasteiger partial charge in [0.15, 0.2) is 0 Å². The second-order valence-electron chi connectivity index (χ2n) is 12.7. The van der Waals surface area contributed by atoms with E-state index in [-0.39, 0.29) is 29.9 Å². The van der Waals surface area contributed by atoms with Gasteiger partial charge in [0.05, 0.1) is 13.0 Å². The molecule has 1 aliphatic rings. The predicted octanol–water partition coefficient (Wildman–Crippen LogP) is 8.16. The Morgan fingerprint density at radius 3 is 2.38 bits per heavy atom. The van der Waals surface area contributed by atoms with Crippen molar-refractivity contribution in [2.24, 2.45) is 5.41 Å². The van der Waals surface area contributed by atoms with Gasteiger partial charge >= 0.3 is 11.9 Å². The van der Waals surface area contributed by atoms with Gasteiger partial charge in [0.2, 0.25) is 5.76 Å². The molecule has 1 saturated carbocycles. The molecule has 1 aliphatic carbocycles. The summed E-state index contributed by atoms with van der Waals surface area (Å²) >= 11 is 0. The zero-order valence-electron chi connectivity index (χ0n) is 24.3. The molecule has 0 unspecified atom stereocenters. The van der Waals surface area contributed by atoms with E-state index in [0.717, 1.165) is 24.0 Å². The molecule has 0 saturated heterocycles. The van der Waals surface area contributed by atoms with Crippen molar-refractivity contribution in [3.05, 3.63) is 59.0 Å². The van der Waals surface area contributed by atoms with Gasteiger partial charge in [-0.1, -0.05) is 61.4 Å². The predicted molar refractivity (Wildman–Crippen MR) is 146 cm³/mol. The standard InChI is InChI=1S/C31H40F2N2O5/c1-29(2,3)31(32,33)24-18-23(34-39-24)27-26(21-14-15-21)28(40-35-27)22(17-25(36)38-30(4,5)6)13-10-16-37-19-20-11-8-7-9-12-20/h7-9,11-12,18,21-22H,10,13-17,19H2,1-6H3/t22-/m0/s1. The summed E-state index contributed by atoms with van der Waals surface area (Å²) in [5.41, 5.74) is 0.538. The van der Waals surface area contributed by atoms with Crippen LogP contribution in [0.1, 0.15) is 108 Å². The van der Waals surface area contributed by atoms with Crippen LogP contribution < -0.4 is 0 Å². The van der Waals surface area contributed by atoms with Crippen molar-refractivity contribution < 1.29 is 32.1 Å². The molecular weight excluding hydrogens is 518 g/mol. The summed E-state index contributed by atoms with van der Waals surface area (Å²) in [7, 11) is 0. The minimum absolute atomic E-state index is 0.108. The summed E-state index contributed by atoms with van der Waals surface area (Å²) in [5.74, 6) is -3.63. The van der Waals surface area contributed by atoms with Crippen LogP contribution in [0.4, 0.5) is 8.78 Å². The van der Waals surface area contributed by atoms with Gasteiger partial charge < -0.3 is 18.5 Å². The van der Waals surface area contributed by atoms with Gasteiger partial charge in [-0.2, -0.15) is 8.78 Å². The highest BCUT2D eigenvalue weighted by Gasteiger charge is 2.49. The maximum absolute atomic E-state index is 14.9. The van der Waals surface area contributed by atoms with E-state index in [0.29, 0.717) is 37.5 Å². The Labute approximate surface area is 234 Å². The lowest BCUT2D eigenvalue weighted by molar-refractivity contribution is -0.155. The van der Waals surface area contributed by atoms with Gasteiger partial charge in [0.25, 0.3) is 0 Å². The molecule has 2 heterocycles. The quantitative estimate of drug-likeness (QED) is 0.164. The highest BCUT2D eigenvalue weighted by Crippen LogP contribution is 2.50. The molecule has 2 aromatic heterocycles. The number of halogens is 2. The molecule has 4 rings (SSSR count). The molecule has 218 valence electrons. The van der Waals surface area contributed by atoms with Gasteiger partial charge in [-0.05, 0) is 57.9 Å². The largest absolute Gasteiger partial charge is 0.460 e. The third-order valence-electron chi connectivity index (χ3n) is 6.90. The maximum Gasteiger partial charge on any atom is 0.312 e. The molecule has 0 radical (unpaired) electrons. The summed E-state index contributed by atoms with van der Waals surface area (Å²) < 4.78 is 52.3. The number of benzene rings is 1. The molecule has 0 bridgehead atoms. The van der Waals surface area contributed by atoms with Crippen molar-refractivity contribution in [1.29, 1.82) is 0 Å². The zero-order chi connectivity index (χ0) is 29.1. The van der Waals surface area contributed by atoms with E-state index < -0.39 is 22.7 Å². The van der Waals surface area contributed by atoms with Gasteiger partial charge in [-0.25, -0.2) is 0 Å². The third-order valence-corrected chi connectivity index (χ3v) is 6.90. The molecule has 0 amide bonds. The number of hydrogen-bond acceptors (Lipinski definition) is 7. The van der Waals surface area contributed by atoms with Crippen LogP contribution in [0.2, 0.25) is 0 Å². The average molecular weight is 559 g/mol. The van der Waals surface area contributed by atoms with E-state index in [9.17, 15) is 13.6 Å². The van der Waals surface area contributed by atoms with Crippen LogP contribution in [-0.2, 0) is 26.8 Å². The smallest absolute Gasteiger partial charge is 0.312 e. The minimum Gasteiger partial charge on any atom is -0.460 e. The zero-order valence-corrected chi connectivity index (χ0v) is 24.3. The van der Waals surface area contributed by atoms with Crippen molar-refractivity contribution in [1.82, 2.24) is 10.3 Å². The van der Waals surface area contributed by atoms with Gasteiger partial charge in [-0.15, -0.1) is 0 Å². The SMILES string of the molecule is CC(C)(C)OC(=O)C[C@H](CCCOCc1ccccc1)c1onc(-c2cc(C(F)(F)C(C)(C)C)on2)c1C1CC1. The van der Waals surface area contributed by atoms with Gasteiger partial charge in [0, 0.05) is 29.6 Å². The number of carbonyl (C=O) groups excluding carboxylic acids is 1. The lowest BCUT2D eigenvalue weighted by Crippen LogP contribution is -2.30. The third kappa shape index (κ3) is 7.36. The summed E-state index contributed by atoms with van der Waals surface area (Å²) in [6.45, 7) is 10.8. The number of hydrogen-bond donors (Lipinski definition) is 0. The minimum atomic E-state index is -3.22. The van der Waals surface area contributed by atoms with Crippen molar-refractivity contribution in [2.45, 2.75) is 104 Å². The first-order valence-electron chi connectivity index (χ1n) is 13.9. The molecule has 9 heteroatoms. The Balaban J connectivity index is 1.55. The number of nitrogens with zero attached hydrogens (tertiary/aromatic N) is 2. The monoisotopic (exact) mass is 558 g/mol. The van der Waals surface area contributed by atoms with Crippen molar-refractivity contribution in [3.8, 4) is 11.4 Å². The van der Waals surface area contributed by atoms with E-state index in [1.807, 2.05) is 51.1 Å². The number of rotatable bonds is 12. The first kappa shape index (κ1) is 29.9. The molecule has 7 nitrogen and oxygen atoms in total. The van der Waals surface area contributed by atoms with Crippen molar-refractivity contribution >= 4 is 5.97 Å². The molecule has 1 fully saturated rings. The topological polar surface area (TPSA) is 87.6 Å². The molecule has 3 aromatic rings. The van der Waals surface area contributed by atoms with Crippen LogP contribution >= 0.6 is 0 Å². The fourth-order valence-corrected chi connectivity index (χ4v) is 4.57. The Morgan fingerprint density at radius 2 is 1.75 bits per heavy atom. The van der Waals surface area contributed by atoms with Crippen LogP contribution in [0.3, 0.4) is 0 Å². The van der Waals surface area contributed by atoms with Crippen molar-refractivity contribution in [3.63, 3.8) is 0 Å². The molecule has 0 N–H and O–H groups in total. The normalized spacial score (nSPS) is 15.3. The van der Waals surface area contributed by atoms with Crippen LogP contribution in [-0.4, -0.2) is 28.5 Å². The molecular formula is C31H40F2N2O5. The second kappa shape index (κ2) is 11.8. The van der Waals surface area contributed by atoms with E-state index in [1.54, 1.807) is 0 Å². The summed E-state index contributed by atoms with van der Waals surface area (Å²) in [6.07, 6.45) is 3.24. The van der Waals surface area contributed by atoms with Gasteiger partial charge in [0.1, 0.15) is 22.7 Å². The fourth-order valence-electron chi connectivity index (χ4n) is 4.57. The number of esters is 1. The summed E-state index contributed by atoms with van der Waals surface area (Å²) in [4.78, 5) is 12.9. The van der Waals surface area contributed by atoms with Crippen LogP contribution in [0.5, 0.6) is 0 Å². The fraction of sp³-hybridized carbons (Fsp3) is 0.581. The van der Waals surface area contributed by atoms with Crippen molar-refractivity contribution in [2.75, 3.05) is 6.61 Å². The molecule has 0 aliphatic heterocycles. The first-order valence-corrected chi connectivity index (χ1v) is 13.9. The van der Waals surface area contributed by atoms with E-state index in [1.165, 1.54) is 26.8 Å². The number of ether oxygens (including phenoxy) is 2. The van der Waals surface area contributed by atoms with Crippen LogP contribution in [0.15, 0.2) is 45.4 Å². The summed E-state index contributed by atoms with van der Waals surface area (Å²) in [6, 6.07) is 11.2. The Morgan fingerprint density at radius 1 is 1.05 bits per heavy atom. The lowest BCUT2D eigenvalue weighted by atomic mass is 9.86. The van der Waals surface area contributed by atoms with E-state index in [4.69, 9.17) is 18.5 Å². The summed E-state index contributed by atoms with van der Waals surface area (Å²) in [5, 5.41) is 8.21. The molecule has 1 aromatic carbocycles. The number of carbonyl (C=O) groups is 1. The maximum atomic E-state index is 14.9. The van der Waals surface area contributed by atoms with E-state index in [2.05, 4.69) is 10.3 Å². The molecule has 1 atom stereocenters.